The van der Waals surface area contributed by atoms with Gasteiger partial charge in [-0.2, -0.15) is 0 Å². The Balaban J connectivity index is 1.60. The molecule has 0 saturated carbocycles. The van der Waals surface area contributed by atoms with Gasteiger partial charge < -0.3 is 19.8 Å². The number of nitrogen functional groups attached to an aromatic ring is 1. The molecule has 3 aliphatic heterocycles. The molecular formula is C18H12Cl2N6O2. The second-order valence-electron chi connectivity index (χ2n) is 6.11. The molecule has 10 heteroatoms. The van der Waals surface area contributed by atoms with E-state index < -0.39 is 0 Å². The second-order valence-corrected chi connectivity index (χ2v) is 6.87. The third kappa shape index (κ3) is 2.78. The van der Waals surface area contributed by atoms with Crippen LogP contribution in [-0.4, -0.2) is 31.3 Å². The van der Waals surface area contributed by atoms with Crippen molar-refractivity contribution in [3.05, 3.63) is 52.5 Å². The molecule has 1 aromatic heterocycles. The number of pyridine rings is 1. The van der Waals surface area contributed by atoms with Crippen molar-refractivity contribution in [2.75, 3.05) is 12.5 Å². The van der Waals surface area contributed by atoms with Crippen LogP contribution in [0.1, 0.15) is 5.56 Å². The average Bonchev–Trinajstić information content (AvgIpc) is 3.33. The summed E-state index contributed by atoms with van der Waals surface area (Å²) >= 11 is 12.5. The highest BCUT2D eigenvalue weighted by Crippen LogP contribution is 2.37. The summed E-state index contributed by atoms with van der Waals surface area (Å²) in [7, 11) is 0. The van der Waals surface area contributed by atoms with Crippen LogP contribution in [0.5, 0.6) is 11.5 Å². The molecule has 0 fully saturated rings. The van der Waals surface area contributed by atoms with Crippen LogP contribution in [0.3, 0.4) is 0 Å². The highest BCUT2D eigenvalue weighted by Gasteiger charge is 2.22. The van der Waals surface area contributed by atoms with E-state index in [9.17, 15) is 0 Å². The van der Waals surface area contributed by atoms with E-state index >= 15 is 0 Å². The lowest BCUT2D eigenvalue weighted by molar-refractivity contribution is 0.174. The Morgan fingerprint density at radius 2 is 1.93 bits per heavy atom. The summed E-state index contributed by atoms with van der Waals surface area (Å²) in [5.41, 5.74) is 7.96. The third-order valence-corrected chi connectivity index (χ3v) is 5.08. The zero-order valence-corrected chi connectivity index (χ0v) is 15.8. The number of anilines is 1. The van der Waals surface area contributed by atoms with Gasteiger partial charge in [-0.15, -0.1) is 0 Å². The Labute approximate surface area is 169 Å². The zero-order chi connectivity index (χ0) is 19.3. The first-order chi connectivity index (χ1) is 13.6. The molecule has 8 nitrogen and oxygen atoms in total. The molecule has 0 amide bonds. The van der Waals surface area contributed by atoms with Crippen molar-refractivity contribution in [2.45, 2.75) is 6.54 Å². The van der Waals surface area contributed by atoms with Crippen LogP contribution in [0.4, 0.5) is 5.82 Å². The van der Waals surface area contributed by atoms with Crippen LogP contribution in [-0.2, 0) is 6.54 Å². The molecule has 140 valence electrons. The number of imidazole rings is 1. The molecular weight excluding hydrogens is 403 g/mol. The topological polar surface area (TPSA) is 101 Å². The molecule has 2 aromatic rings. The van der Waals surface area contributed by atoms with Gasteiger partial charge in [0.1, 0.15) is 5.15 Å². The van der Waals surface area contributed by atoms with E-state index in [2.05, 4.69) is 19.9 Å². The monoisotopic (exact) mass is 414 g/mol. The summed E-state index contributed by atoms with van der Waals surface area (Å²) in [6.07, 6.45) is 3.13. The van der Waals surface area contributed by atoms with Gasteiger partial charge in [0.15, 0.2) is 34.7 Å². The second kappa shape index (κ2) is 6.50. The van der Waals surface area contributed by atoms with Crippen LogP contribution in [0.15, 0.2) is 36.8 Å². The molecule has 3 aliphatic rings. The van der Waals surface area contributed by atoms with Gasteiger partial charge in [-0.3, -0.25) is 0 Å². The quantitative estimate of drug-likeness (QED) is 0.511. The Morgan fingerprint density at radius 3 is 2.79 bits per heavy atom. The fraction of sp³-hybridized carbons (Fsp3) is 0.111. The van der Waals surface area contributed by atoms with Crippen LogP contribution < -0.4 is 15.2 Å². The maximum Gasteiger partial charge on any atom is 0.231 e. The molecule has 4 heterocycles. The molecule has 1 aromatic carbocycles. The van der Waals surface area contributed by atoms with E-state index in [-0.39, 0.29) is 12.6 Å². The largest absolute Gasteiger partial charge is 0.454 e. The first-order valence-corrected chi connectivity index (χ1v) is 9.03. The van der Waals surface area contributed by atoms with Crippen molar-refractivity contribution >= 4 is 29.0 Å². The fourth-order valence-electron chi connectivity index (χ4n) is 2.99. The molecule has 0 saturated heterocycles. The molecule has 0 aliphatic carbocycles. The fourth-order valence-corrected chi connectivity index (χ4v) is 3.46. The average molecular weight is 415 g/mol. The van der Waals surface area contributed by atoms with Gasteiger partial charge in [-0.25, -0.2) is 19.9 Å². The van der Waals surface area contributed by atoms with Gasteiger partial charge in [0.2, 0.25) is 6.79 Å². The standard InChI is InChI=1S/C18H12Cl2N6O2/c19-11-3-4-22-15(20)10(11)6-26-7-23-16(21)14-18(26)25-17(24-14)9-1-2-12-13(5-9)28-8-27-12/h1-5,7H,6,8,21H2. The van der Waals surface area contributed by atoms with Gasteiger partial charge >= 0.3 is 0 Å². The number of rotatable bonds is 3. The van der Waals surface area contributed by atoms with Gasteiger partial charge in [0.25, 0.3) is 0 Å². The number of hydrogen-bond acceptors (Lipinski definition) is 7. The van der Waals surface area contributed by atoms with Crippen molar-refractivity contribution in [2.24, 2.45) is 0 Å². The molecule has 0 spiro atoms. The molecule has 2 N–H and O–H groups in total. The Bertz CT molecular complexity index is 1160. The first-order valence-electron chi connectivity index (χ1n) is 8.27. The van der Waals surface area contributed by atoms with Gasteiger partial charge in [-0.05, 0) is 24.3 Å². The highest BCUT2D eigenvalue weighted by atomic mass is 35.5. The Morgan fingerprint density at radius 1 is 1.07 bits per heavy atom. The number of aromatic nitrogens is 5. The van der Waals surface area contributed by atoms with Gasteiger partial charge in [0, 0.05) is 17.3 Å². The minimum Gasteiger partial charge on any atom is -0.454 e. The normalized spacial score (nSPS) is 12.6. The maximum atomic E-state index is 6.27. The molecule has 0 atom stereocenters. The summed E-state index contributed by atoms with van der Waals surface area (Å²) in [4.78, 5) is 17.5. The van der Waals surface area contributed by atoms with Crippen molar-refractivity contribution in [3.63, 3.8) is 0 Å². The number of nitrogens with two attached hydrogens (primary N) is 1. The molecule has 5 rings (SSSR count). The van der Waals surface area contributed by atoms with Crippen LogP contribution >= 0.6 is 23.2 Å². The Kier molecular flexibility index (Phi) is 3.96. The first kappa shape index (κ1) is 17.0. The summed E-state index contributed by atoms with van der Waals surface area (Å²) in [5, 5.41) is 0.827. The summed E-state index contributed by atoms with van der Waals surface area (Å²) in [6.45, 7) is 0.528. The zero-order valence-electron chi connectivity index (χ0n) is 14.3. The number of nitrogens with zero attached hydrogens (tertiary/aromatic N) is 5. The number of ether oxygens (including phenoxy) is 2. The van der Waals surface area contributed by atoms with Crippen molar-refractivity contribution in [3.8, 4) is 34.4 Å². The van der Waals surface area contributed by atoms with Crippen molar-refractivity contribution in [1.29, 1.82) is 0 Å². The van der Waals surface area contributed by atoms with Crippen molar-refractivity contribution < 1.29 is 9.47 Å². The highest BCUT2D eigenvalue weighted by molar-refractivity contribution is 6.35. The van der Waals surface area contributed by atoms with Gasteiger partial charge in [-0.1, -0.05) is 23.2 Å². The number of fused-ring (bicyclic) bond motifs is 2. The molecule has 0 radical (unpaired) electrons. The number of hydrogen-bond donors (Lipinski definition) is 1. The maximum absolute atomic E-state index is 6.27. The van der Waals surface area contributed by atoms with Crippen LogP contribution in [0.25, 0.3) is 22.9 Å². The summed E-state index contributed by atoms with van der Waals surface area (Å²) in [5.74, 6) is 2.70. The number of halogens is 2. The number of benzene rings is 1. The Hall–Kier alpha value is -3.10. The minimum absolute atomic E-state index is 0.201. The lowest BCUT2D eigenvalue weighted by atomic mass is 10.2. The van der Waals surface area contributed by atoms with E-state index in [0.29, 0.717) is 51.1 Å². The van der Waals surface area contributed by atoms with E-state index in [1.165, 1.54) is 0 Å². The van der Waals surface area contributed by atoms with E-state index in [4.69, 9.17) is 38.4 Å². The van der Waals surface area contributed by atoms with E-state index in [0.717, 1.165) is 5.56 Å². The van der Waals surface area contributed by atoms with Crippen LogP contribution in [0.2, 0.25) is 10.2 Å². The van der Waals surface area contributed by atoms with E-state index in [1.54, 1.807) is 23.2 Å². The smallest absolute Gasteiger partial charge is 0.231 e. The molecule has 28 heavy (non-hydrogen) atoms. The lowest BCUT2D eigenvalue weighted by Gasteiger charge is -2.12. The van der Waals surface area contributed by atoms with Crippen LogP contribution in [0, 0.1) is 0 Å². The SMILES string of the molecule is Nc1ncn(Cc2c(Cl)ccnc2Cl)c2nc(-c3ccc4c(c3)OCO4)nc1-2. The predicted molar refractivity (Wildman–Crippen MR) is 104 cm³/mol. The predicted octanol–water partition coefficient (Wildman–Crippen LogP) is 3.51. The van der Waals surface area contributed by atoms with E-state index in [1.807, 2.05) is 18.2 Å². The van der Waals surface area contributed by atoms with Crippen molar-refractivity contribution in [1.82, 2.24) is 24.5 Å². The van der Waals surface area contributed by atoms with Gasteiger partial charge in [0.05, 0.1) is 17.9 Å². The molecule has 0 unspecified atom stereocenters. The third-order valence-electron chi connectivity index (χ3n) is 4.40. The lowest BCUT2D eigenvalue weighted by Crippen LogP contribution is -2.10. The molecule has 0 bridgehead atoms. The minimum atomic E-state index is 0.201. The summed E-state index contributed by atoms with van der Waals surface area (Å²) in [6, 6.07) is 7.20. The summed E-state index contributed by atoms with van der Waals surface area (Å²) < 4.78 is 12.6.